The standard InChI is InChI=1S/C23H33BrO5S/c1-15-20(24)13-17(30-15)11-9-16(25)10-12-19-18(21(26)14-22(19)27)7-5-3-4-6-8-23(28)29-2/h3,5,10,12-13,16,18-19,21-22,25-27H,4,6-9,11,14H2,1-2H3/t16-,18+,19+,21-,22+/m0/s1. The lowest BCUT2D eigenvalue weighted by Crippen LogP contribution is -2.20. The molecule has 0 unspecified atom stereocenters. The zero-order valence-corrected chi connectivity index (χ0v) is 20.1. The van der Waals surface area contributed by atoms with E-state index in [1.165, 1.54) is 16.9 Å². The van der Waals surface area contributed by atoms with Crippen molar-refractivity contribution in [2.75, 3.05) is 7.11 Å². The predicted octanol–water partition coefficient (Wildman–Crippen LogP) is 4.32. The monoisotopic (exact) mass is 500 g/mol. The van der Waals surface area contributed by atoms with Crippen molar-refractivity contribution in [3.8, 4) is 0 Å². The average molecular weight is 501 g/mol. The summed E-state index contributed by atoms with van der Waals surface area (Å²) in [6.45, 7) is 2.06. The van der Waals surface area contributed by atoms with Gasteiger partial charge in [-0.1, -0.05) is 24.3 Å². The van der Waals surface area contributed by atoms with Crippen LogP contribution in [0.25, 0.3) is 0 Å². The first kappa shape index (κ1) is 25.3. The Labute approximate surface area is 191 Å². The van der Waals surface area contributed by atoms with E-state index < -0.39 is 18.3 Å². The molecule has 0 aromatic carbocycles. The minimum Gasteiger partial charge on any atom is -0.469 e. The number of aliphatic hydroxyl groups excluding tert-OH is 3. The first-order chi connectivity index (χ1) is 14.3. The summed E-state index contributed by atoms with van der Waals surface area (Å²) in [7, 11) is 1.39. The number of halogens is 1. The van der Waals surface area contributed by atoms with Gasteiger partial charge in [-0.25, -0.2) is 0 Å². The van der Waals surface area contributed by atoms with Crippen LogP contribution in [0.15, 0.2) is 34.8 Å². The average Bonchev–Trinajstić information content (AvgIpc) is 3.17. The van der Waals surface area contributed by atoms with Gasteiger partial charge in [0.05, 0.1) is 25.4 Å². The summed E-state index contributed by atoms with van der Waals surface area (Å²) in [5.74, 6) is -0.452. The Bertz CT molecular complexity index is 710. The second kappa shape index (κ2) is 12.8. The van der Waals surface area contributed by atoms with Gasteiger partial charge in [0.25, 0.3) is 0 Å². The van der Waals surface area contributed by atoms with Gasteiger partial charge < -0.3 is 20.1 Å². The van der Waals surface area contributed by atoms with E-state index in [0.717, 1.165) is 23.7 Å². The summed E-state index contributed by atoms with van der Waals surface area (Å²) in [5, 5.41) is 31.0. The molecule has 0 amide bonds. The number of carbonyl (C=O) groups is 1. The van der Waals surface area contributed by atoms with E-state index in [1.54, 1.807) is 17.4 Å². The molecule has 168 valence electrons. The third-order valence-corrected chi connectivity index (χ3v) is 7.82. The normalized spacial score (nSPS) is 25.4. The Kier molecular flexibility index (Phi) is 10.8. The third-order valence-electron chi connectivity index (χ3n) is 5.62. The molecule has 30 heavy (non-hydrogen) atoms. The van der Waals surface area contributed by atoms with Crippen molar-refractivity contribution in [3.05, 3.63) is 44.6 Å². The quantitative estimate of drug-likeness (QED) is 0.239. The molecule has 3 N–H and O–H groups in total. The van der Waals surface area contributed by atoms with Crippen molar-refractivity contribution in [3.63, 3.8) is 0 Å². The molecule has 1 aliphatic carbocycles. The van der Waals surface area contributed by atoms with Crippen molar-refractivity contribution in [2.24, 2.45) is 11.8 Å². The van der Waals surface area contributed by atoms with Crippen molar-refractivity contribution in [2.45, 2.75) is 70.2 Å². The number of esters is 1. The summed E-state index contributed by atoms with van der Waals surface area (Å²) in [5.41, 5.74) is 0. The lowest BCUT2D eigenvalue weighted by atomic mass is 9.89. The summed E-state index contributed by atoms with van der Waals surface area (Å²) >= 11 is 5.25. The Hall–Kier alpha value is -0.990. The molecule has 1 aliphatic rings. The van der Waals surface area contributed by atoms with Crippen LogP contribution in [0.3, 0.4) is 0 Å². The lowest BCUT2D eigenvalue weighted by molar-refractivity contribution is -0.140. The molecule has 0 bridgehead atoms. The highest BCUT2D eigenvalue weighted by Crippen LogP contribution is 2.36. The number of aryl methyl sites for hydroxylation is 2. The second-order valence-electron chi connectivity index (χ2n) is 7.89. The van der Waals surface area contributed by atoms with E-state index in [4.69, 9.17) is 0 Å². The number of thiophene rings is 1. The second-order valence-corrected chi connectivity index (χ2v) is 10.1. The van der Waals surface area contributed by atoms with Gasteiger partial charge in [-0.05, 0) is 66.9 Å². The van der Waals surface area contributed by atoms with E-state index in [2.05, 4.69) is 33.7 Å². The molecule has 1 aromatic heterocycles. The molecule has 1 aromatic rings. The lowest BCUT2D eigenvalue weighted by Gasteiger charge is -2.19. The van der Waals surface area contributed by atoms with E-state index in [-0.39, 0.29) is 17.8 Å². The van der Waals surface area contributed by atoms with Gasteiger partial charge in [-0.2, -0.15) is 0 Å². The van der Waals surface area contributed by atoms with Crippen molar-refractivity contribution in [1.82, 2.24) is 0 Å². The molecule has 0 radical (unpaired) electrons. The van der Waals surface area contributed by atoms with Crippen LogP contribution < -0.4 is 0 Å². The molecular formula is C23H33BrO5S. The zero-order valence-electron chi connectivity index (χ0n) is 17.7. The maximum Gasteiger partial charge on any atom is 0.305 e. The fourth-order valence-corrected chi connectivity index (χ4v) is 5.44. The van der Waals surface area contributed by atoms with Crippen molar-refractivity contribution in [1.29, 1.82) is 0 Å². The third kappa shape index (κ3) is 7.93. The summed E-state index contributed by atoms with van der Waals surface area (Å²) in [4.78, 5) is 13.6. The number of hydrogen-bond donors (Lipinski definition) is 3. The summed E-state index contributed by atoms with van der Waals surface area (Å²) in [6, 6.07) is 2.10. The number of aliphatic hydroxyl groups is 3. The van der Waals surface area contributed by atoms with Crippen LogP contribution >= 0.6 is 27.3 Å². The molecule has 7 heteroatoms. The van der Waals surface area contributed by atoms with E-state index in [1.807, 2.05) is 18.2 Å². The molecule has 1 saturated carbocycles. The van der Waals surface area contributed by atoms with Gasteiger partial charge in [0, 0.05) is 33.0 Å². The fourth-order valence-electron chi connectivity index (χ4n) is 3.83. The maximum atomic E-state index is 11.1. The van der Waals surface area contributed by atoms with Gasteiger partial charge in [0.2, 0.25) is 0 Å². The molecule has 2 rings (SSSR count). The largest absolute Gasteiger partial charge is 0.469 e. The first-order valence-electron chi connectivity index (χ1n) is 10.5. The maximum absolute atomic E-state index is 11.1. The van der Waals surface area contributed by atoms with Gasteiger partial charge in [0.15, 0.2) is 0 Å². The van der Waals surface area contributed by atoms with Crippen LogP contribution in [0, 0.1) is 18.8 Å². The topological polar surface area (TPSA) is 87.0 Å². The van der Waals surface area contributed by atoms with Crippen molar-refractivity contribution >= 4 is 33.2 Å². The van der Waals surface area contributed by atoms with Crippen LogP contribution in [-0.4, -0.2) is 46.7 Å². The van der Waals surface area contributed by atoms with Crippen LogP contribution in [0.5, 0.6) is 0 Å². The highest BCUT2D eigenvalue weighted by Gasteiger charge is 2.39. The number of hydrogen-bond acceptors (Lipinski definition) is 6. The highest BCUT2D eigenvalue weighted by molar-refractivity contribution is 9.10. The fraction of sp³-hybridized carbons (Fsp3) is 0.609. The number of carbonyl (C=O) groups excluding carboxylic acids is 1. The highest BCUT2D eigenvalue weighted by atomic mass is 79.9. The van der Waals surface area contributed by atoms with Crippen LogP contribution in [0.4, 0.5) is 0 Å². The van der Waals surface area contributed by atoms with E-state index >= 15 is 0 Å². The van der Waals surface area contributed by atoms with Gasteiger partial charge in [-0.3, -0.25) is 4.79 Å². The molecule has 0 saturated heterocycles. The number of ether oxygens (including phenoxy) is 1. The Morgan fingerprint density at radius 2 is 2.13 bits per heavy atom. The van der Waals surface area contributed by atoms with Crippen LogP contribution in [0.2, 0.25) is 0 Å². The van der Waals surface area contributed by atoms with Crippen LogP contribution in [-0.2, 0) is 16.0 Å². The molecule has 5 nitrogen and oxygen atoms in total. The SMILES string of the molecule is COC(=O)CCCC=CC[C@@H]1[C@@H](C=C[C@@H](O)CCc2cc(Br)c(C)s2)[C@H](O)C[C@@H]1O. The molecule has 5 atom stereocenters. The van der Waals surface area contributed by atoms with E-state index in [0.29, 0.717) is 25.7 Å². The molecule has 0 spiro atoms. The Balaban J connectivity index is 1.81. The number of methoxy groups -OCH3 is 1. The number of rotatable bonds is 11. The zero-order chi connectivity index (χ0) is 22.1. The van der Waals surface area contributed by atoms with Gasteiger partial charge >= 0.3 is 5.97 Å². The molecule has 0 aliphatic heterocycles. The molecular weight excluding hydrogens is 468 g/mol. The first-order valence-corrected chi connectivity index (χ1v) is 12.1. The minimum absolute atomic E-state index is 0.0730. The summed E-state index contributed by atoms with van der Waals surface area (Å²) in [6.07, 6.45) is 10.3. The van der Waals surface area contributed by atoms with E-state index in [9.17, 15) is 20.1 Å². The number of allylic oxidation sites excluding steroid dienone is 2. The smallest absolute Gasteiger partial charge is 0.305 e. The van der Waals surface area contributed by atoms with Crippen LogP contribution in [0.1, 0.15) is 48.3 Å². The predicted molar refractivity (Wildman–Crippen MR) is 123 cm³/mol. The Morgan fingerprint density at radius 1 is 1.37 bits per heavy atom. The molecule has 1 fully saturated rings. The van der Waals surface area contributed by atoms with Gasteiger partial charge in [-0.15, -0.1) is 11.3 Å². The minimum atomic E-state index is -0.600. The van der Waals surface area contributed by atoms with Crippen molar-refractivity contribution < 1.29 is 24.9 Å². The Morgan fingerprint density at radius 3 is 2.80 bits per heavy atom. The van der Waals surface area contributed by atoms with Gasteiger partial charge in [0.1, 0.15) is 0 Å². The number of unbranched alkanes of at least 4 members (excludes halogenated alkanes) is 1. The summed E-state index contributed by atoms with van der Waals surface area (Å²) < 4.78 is 5.73. The molecule has 1 heterocycles.